The second-order valence-corrected chi connectivity index (χ2v) is 3.23. The Morgan fingerprint density at radius 2 is 2.27 bits per heavy atom. The summed E-state index contributed by atoms with van der Waals surface area (Å²) < 4.78 is 13.4. The van der Waals surface area contributed by atoms with Crippen molar-refractivity contribution in [1.29, 1.82) is 0 Å². The molecule has 1 amide bonds. The molecule has 5 heteroatoms. The number of aliphatic hydroxyl groups excluding tert-OH is 1. The smallest absolute Gasteiger partial charge is 0.236 e. The quantitative estimate of drug-likeness (QED) is 0.751. The third-order valence-electron chi connectivity index (χ3n) is 2.02. The number of likely N-dealkylation sites (N-methyl/N-ethyl adjacent to an activating group) is 1. The van der Waals surface area contributed by atoms with E-state index in [1.165, 1.54) is 17.0 Å². The molecule has 0 aliphatic heterocycles. The van der Waals surface area contributed by atoms with Gasteiger partial charge in [0.05, 0.1) is 18.8 Å². The Labute approximate surface area is 87.1 Å². The molecule has 0 bridgehead atoms. The van der Waals surface area contributed by atoms with Crippen LogP contribution in [0, 0.1) is 5.82 Å². The van der Waals surface area contributed by atoms with Crippen LogP contribution in [0.15, 0.2) is 18.2 Å². The second kappa shape index (κ2) is 4.75. The number of carbonyl (C=O) groups excluding carboxylic acids is 1. The Kier molecular flexibility index (Phi) is 3.62. The molecule has 0 saturated heterocycles. The highest BCUT2D eigenvalue weighted by Crippen LogP contribution is 2.23. The number of para-hydroxylation sites is 1. The number of rotatable bonds is 4. The van der Waals surface area contributed by atoms with E-state index in [2.05, 4.69) is 0 Å². The van der Waals surface area contributed by atoms with Crippen LogP contribution in [0.5, 0.6) is 0 Å². The van der Waals surface area contributed by atoms with Gasteiger partial charge in [-0.15, -0.1) is 0 Å². The number of carbonyl (C=O) groups is 1. The Hall–Kier alpha value is -1.62. The van der Waals surface area contributed by atoms with Crippen molar-refractivity contribution in [2.24, 2.45) is 5.73 Å². The molecule has 0 fully saturated rings. The van der Waals surface area contributed by atoms with Crippen LogP contribution >= 0.6 is 0 Å². The zero-order valence-electron chi connectivity index (χ0n) is 8.40. The van der Waals surface area contributed by atoms with Gasteiger partial charge in [0.2, 0.25) is 5.91 Å². The Bertz CT molecular complexity index is 368. The normalized spacial score (nSPS) is 10.1. The summed E-state index contributed by atoms with van der Waals surface area (Å²) in [6, 6.07) is 4.37. The predicted octanol–water partition coefficient (Wildman–Crippen LogP) is 0.239. The van der Waals surface area contributed by atoms with E-state index in [1.807, 2.05) is 0 Å². The molecule has 3 N–H and O–H groups in total. The Morgan fingerprint density at radius 1 is 1.60 bits per heavy atom. The van der Waals surface area contributed by atoms with Gasteiger partial charge in [-0.25, -0.2) is 4.39 Å². The first kappa shape index (κ1) is 11.5. The summed E-state index contributed by atoms with van der Waals surface area (Å²) in [7, 11) is 1.54. The zero-order chi connectivity index (χ0) is 11.4. The van der Waals surface area contributed by atoms with E-state index in [1.54, 1.807) is 13.1 Å². The minimum atomic E-state index is -0.551. The van der Waals surface area contributed by atoms with Crippen LogP contribution in [0.25, 0.3) is 0 Å². The average Bonchev–Trinajstić information content (AvgIpc) is 2.15. The largest absolute Gasteiger partial charge is 0.392 e. The van der Waals surface area contributed by atoms with Crippen LogP contribution < -0.4 is 10.6 Å². The van der Waals surface area contributed by atoms with Crippen LogP contribution in [0.2, 0.25) is 0 Å². The number of nitrogens with zero attached hydrogens (tertiary/aromatic N) is 1. The monoisotopic (exact) mass is 212 g/mol. The number of anilines is 1. The lowest BCUT2D eigenvalue weighted by Crippen LogP contribution is -2.31. The fraction of sp³-hybridized carbons (Fsp3) is 0.300. The number of amides is 1. The fourth-order valence-corrected chi connectivity index (χ4v) is 1.43. The molecule has 1 aromatic rings. The fourth-order valence-electron chi connectivity index (χ4n) is 1.43. The van der Waals surface area contributed by atoms with Gasteiger partial charge in [0.25, 0.3) is 0 Å². The topological polar surface area (TPSA) is 66.6 Å². The Morgan fingerprint density at radius 3 is 2.80 bits per heavy atom. The molecule has 0 atom stereocenters. The van der Waals surface area contributed by atoms with Gasteiger partial charge in [0, 0.05) is 12.6 Å². The summed E-state index contributed by atoms with van der Waals surface area (Å²) in [5.41, 5.74) is 5.64. The van der Waals surface area contributed by atoms with Gasteiger partial charge in [0.1, 0.15) is 5.82 Å². The SMILES string of the molecule is CN(CC(N)=O)c1c(F)cccc1CO. The molecule has 0 saturated carbocycles. The lowest BCUT2D eigenvalue weighted by molar-refractivity contribution is -0.116. The van der Waals surface area contributed by atoms with Crippen molar-refractivity contribution in [3.05, 3.63) is 29.6 Å². The molecule has 0 aliphatic rings. The van der Waals surface area contributed by atoms with Crippen molar-refractivity contribution >= 4 is 11.6 Å². The number of halogens is 1. The molecule has 0 spiro atoms. The third-order valence-corrected chi connectivity index (χ3v) is 2.02. The molecule has 0 aliphatic carbocycles. The second-order valence-electron chi connectivity index (χ2n) is 3.23. The highest BCUT2D eigenvalue weighted by atomic mass is 19.1. The lowest BCUT2D eigenvalue weighted by Gasteiger charge is -2.20. The standard InChI is InChI=1S/C10H13FN2O2/c1-13(5-9(12)15)10-7(6-14)3-2-4-8(10)11/h2-4,14H,5-6H2,1H3,(H2,12,15). The van der Waals surface area contributed by atoms with E-state index >= 15 is 0 Å². The van der Waals surface area contributed by atoms with Gasteiger partial charge < -0.3 is 15.7 Å². The molecule has 1 rings (SSSR count). The van der Waals surface area contributed by atoms with Gasteiger partial charge in [-0.05, 0) is 6.07 Å². The molecule has 1 aromatic carbocycles. The van der Waals surface area contributed by atoms with Crippen LogP contribution in [-0.4, -0.2) is 24.6 Å². The minimum Gasteiger partial charge on any atom is -0.392 e. The summed E-state index contributed by atoms with van der Waals surface area (Å²) in [6.07, 6.45) is 0. The number of primary amides is 1. The molecule has 0 aromatic heterocycles. The van der Waals surface area contributed by atoms with Gasteiger partial charge in [-0.2, -0.15) is 0 Å². The van der Waals surface area contributed by atoms with E-state index in [9.17, 15) is 9.18 Å². The van der Waals surface area contributed by atoms with E-state index in [4.69, 9.17) is 10.8 Å². The van der Waals surface area contributed by atoms with Crippen molar-refractivity contribution in [3.8, 4) is 0 Å². The van der Waals surface area contributed by atoms with Gasteiger partial charge in [0.15, 0.2) is 0 Å². The number of aliphatic hydroxyl groups is 1. The maximum atomic E-state index is 13.4. The van der Waals surface area contributed by atoms with Crippen molar-refractivity contribution in [2.75, 3.05) is 18.5 Å². The highest BCUT2D eigenvalue weighted by Gasteiger charge is 2.13. The average molecular weight is 212 g/mol. The van der Waals surface area contributed by atoms with E-state index in [0.29, 0.717) is 5.56 Å². The van der Waals surface area contributed by atoms with E-state index < -0.39 is 11.7 Å². The first-order valence-electron chi connectivity index (χ1n) is 4.44. The van der Waals surface area contributed by atoms with Crippen molar-refractivity contribution in [3.63, 3.8) is 0 Å². The number of benzene rings is 1. The van der Waals surface area contributed by atoms with Crippen LogP contribution in [0.1, 0.15) is 5.56 Å². The van der Waals surface area contributed by atoms with E-state index in [-0.39, 0.29) is 18.8 Å². The molecular formula is C10H13FN2O2. The summed E-state index contributed by atoms with van der Waals surface area (Å²) in [4.78, 5) is 12.1. The minimum absolute atomic E-state index is 0.0894. The summed E-state index contributed by atoms with van der Waals surface area (Å²) in [5.74, 6) is -1.03. The first-order chi connectivity index (χ1) is 7.06. The van der Waals surface area contributed by atoms with Crippen molar-refractivity contribution in [1.82, 2.24) is 0 Å². The lowest BCUT2D eigenvalue weighted by atomic mass is 10.1. The molecular weight excluding hydrogens is 199 g/mol. The maximum absolute atomic E-state index is 13.4. The Balaban J connectivity index is 3.05. The van der Waals surface area contributed by atoms with Gasteiger partial charge >= 0.3 is 0 Å². The molecule has 0 radical (unpaired) electrons. The summed E-state index contributed by atoms with van der Waals surface area (Å²) in [5, 5.41) is 9.02. The summed E-state index contributed by atoms with van der Waals surface area (Å²) in [6.45, 7) is -0.371. The number of nitrogens with two attached hydrogens (primary N) is 1. The van der Waals surface area contributed by atoms with Crippen molar-refractivity contribution in [2.45, 2.75) is 6.61 Å². The summed E-state index contributed by atoms with van der Waals surface area (Å²) >= 11 is 0. The molecule has 82 valence electrons. The maximum Gasteiger partial charge on any atom is 0.236 e. The van der Waals surface area contributed by atoms with Crippen molar-refractivity contribution < 1.29 is 14.3 Å². The van der Waals surface area contributed by atoms with Gasteiger partial charge in [-0.3, -0.25) is 4.79 Å². The van der Waals surface area contributed by atoms with Gasteiger partial charge in [-0.1, -0.05) is 12.1 Å². The highest BCUT2D eigenvalue weighted by molar-refractivity contribution is 5.79. The van der Waals surface area contributed by atoms with E-state index in [0.717, 1.165) is 0 Å². The molecule has 15 heavy (non-hydrogen) atoms. The number of hydrogen-bond donors (Lipinski definition) is 2. The zero-order valence-corrected chi connectivity index (χ0v) is 8.40. The van der Waals surface area contributed by atoms with Crippen LogP contribution in [0.4, 0.5) is 10.1 Å². The number of hydrogen-bond acceptors (Lipinski definition) is 3. The first-order valence-corrected chi connectivity index (χ1v) is 4.44. The predicted molar refractivity (Wildman–Crippen MR) is 54.8 cm³/mol. The molecule has 0 heterocycles. The third kappa shape index (κ3) is 2.66. The molecule has 0 unspecified atom stereocenters. The van der Waals surface area contributed by atoms with Crippen LogP contribution in [-0.2, 0) is 11.4 Å². The van der Waals surface area contributed by atoms with Crippen LogP contribution in [0.3, 0.4) is 0 Å². The molecule has 4 nitrogen and oxygen atoms in total.